The maximum absolute atomic E-state index is 12.6. The molecule has 1 aliphatic rings. The van der Waals surface area contributed by atoms with E-state index in [0.717, 1.165) is 16.7 Å². The lowest BCUT2D eigenvalue weighted by molar-refractivity contribution is -0.113. The summed E-state index contributed by atoms with van der Waals surface area (Å²) in [4.78, 5) is 12.6. The quantitative estimate of drug-likeness (QED) is 0.702. The summed E-state index contributed by atoms with van der Waals surface area (Å²) >= 11 is 1.47. The largest absolute Gasteiger partial charge is 0.325 e. The molecule has 1 aliphatic carbocycles. The summed E-state index contributed by atoms with van der Waals surface area (Å²) < 4.78 is 2.17. The summed E-state index contributed by atoms with van der Waals surface area (Å²) in [5.74, 6) is 2.00. The van der Waals surface area contributed by atoms with Crippen molar-refractivity contribution < 1.29 is 4.79 Å². The predicted octanol–water partition coefficient (Wildman–Crippen LogP) is 4.90. The lowest BCUT2D eigenvalue weighted by Crippen LogP contribution is -2.18. The molecule has 140 valence electrons. The third-order valence-corrected chi connectivity index (χ3v) is 5.66. The van der Waals surface area contributed by atoms with Crippen LogP contribution < -0.4 is 5.32 Å². The number of thioether (sulfide) groups is 1. The van der Waals surface area contributed by atoms with Crippen LogP contribution in [-0.4, -0.2) is 26.4 Å². The molecule has 3 rings (SSSR count). The predicted molar refractivity (Wildman–Crippen MR) is 107 cm³/mol. The van der Waals surface area contributed by atoms with Gasteiger partial charge in [-0.1, -0.05) is 57.7 Å². The lowest BCUT2D eigenvalue weighted by atomic mass is 9.92. The average Bonchev–Trinajstić information content (AvgIpc) is 3.35. The number of anilines is 1. The number of para-hydroxylation sites is 1. The van der Waals surface area contributed by atoms with Gasteiger partial charge in [-0.2, -0.15) is 0 Å². The molecular formula is C20H28N4OS. The average molecular weight is 373 g/mol. The van der Waals surface area contributed by atoms with Crippen molar-refractivity contribution in [2.24, 2.45) is 0 Å². The van der Waals surface area contributed by atoms with Gasteiger partial charge in [-0.15, -0.1) is 10.2 Å². The summed E-state index contributed by atoms with van der Waals surface area (Å²) in [5.41, 5.74) is 3.35. The molecule has 1 amide bonds. The Hall–Kier alpha value is -1.82. The van der Waals surface area contributed by atoms with Crippen LogP contribution in [0.2, 0.25) is 0 Å². The van der Waals surface area contributed by atoms with E-state index in [9.17, 15) is 4.79 Å². The molecule has 6 heteroatoms. The Morgan fingerprint density at radius 3 is 2.35 bits per heavy atom. The second-order valence-corrected chi connectivity index (χ2v) is 8.53. The maximum Gasteiger partial charge on any atom is 0.234 e. The van der Waals surface area contributed by atoms with Crippen LogP contribution in [0.5, 0.6) is 0 Å². The SMILES string of the molecule is Cc1nnc(SCC(=O)Nc2c(C(C)C)cccc2C(C)C)n1C1CC1. The van der Waals surface area contributed by atoms with Gasteiger partial charge in [0.1, 0.15) is 5.82 Å². The molecule has 0 atom stereocenters. The lowest BCUT2D eigenvalue weighted by Gasteiger charge is -2.20. The van der Waals surface area contributed by atoms with Crippen molar-refractivity contribution in [3.63, 3.8) is 0 Å². The van der Waals surface area contributed by atoms with Gasteiger partial charge in [-0.05, 0) is 42.7 Å². The molecule has 26 heavy (non-hydrogen) atoms. The van der Waals surface area contributed by atoms with Crippen molar-refractivity contribution in [2.45, 2.75) is 70.5 Å². The zero-order valence-corrected chi connectivity index (χ0v) is 17.1. The van der Waals surface area contributed by atoms with Gasteiger partial charge in [0.25, 0.3) is 0 Å². The molecule has 1 aromatic carbocycles. The van der Waals surface area contributed by atoms with Crippen molar-refractivity contribution in [3.8, 4) is 0 Å². The third-order valence-electron chi connectivity index (χ3n) is 4.72. The van der Waals surface area contributed by atoms with E-state index < -0.39 is 0 Å². The summed E-state index contributed by atoms with van der Waals surface area (Å²) in [6.45, 7) is 10.6. The first-order valence-corrected chi connectivity index (χ1v) is 10.3. The van der Waals surface area contributed by atoms with Crippen molar-refractivity contribution >= 4 is 23.4 Å². The fourth-order valence-electron chi connectivity index (χ4n) is 3.20. The van der Waals surface area contributed by atoms with Gasteiger partial charge in [0, 0.05) is 11.7 Å². The Morgan fingerprint density at radius 2 is 1.81 bits per heavy atom. The Labute approximate surface area is 160 Å². The molecular weight excluding hydrogens is 344 g/mol. The number of aromatic nitrogens is 3. The normalized spacial score (nSPS) is 14.3. The standard InChI is InChI=1S/C20H28N4OS/c1-12(2)16-7-6-8-17(13(3)4)19(16)21-18(25)11-26-20-23-22-14(5)24(20)15-9-10-15/h6-8,12-13,15H,9-11H2,1-5H3,(H,21,25). The number of aryl methyl sites for hydroxylation is 1. The Morgan fingerprint density at radius 1 is 1.19 bits per heavy atom. The Balaban J connectivity index is 1.72. The van der Waals surface area contributed by atoms with Gasteiger partial charge in [-0.3, -0.25) is 4.79 Å². The molecule has 0 spiro atoms. The van der Waals surface area contributed by atoms with E-state index in [2.05, 4.69) is 66.0 Å². The van der Waals surface area contributed by atoms with Crippen LogP contribution in [0.3, 0.4) is 0 Å². The summed E-state index contributed by atoms with van der Waals surface area (Å²) in [5, 5.41) is 12.4. The number of rotatable bonds is 7. The number of carbonyl (C=O) groups is 1. The molecule has 0 bridgehead atoms. The molecule has 5 nitrogen and oxygen atoms in total. The highest BCUT2D eigenvalue weighted by atomic mass is 32.2. The maximum atomic E-state index is 12.6. The van der Waals surface area contributed by atoms with Crippen LogP contribution in [0.1, 0.15) is 75.4 Å². The van der Waals surface area contributed by atoms with E-state index in [4.69, 9.17) is 0 Å². The molecule has 0 saturated heterocycles. The minimum atomic E-state index is 0.00741. The van der Waals surface area contributed by atoms with E-state index in [0.29, 0.717) is 23.6 Å². The Bertz CT molecular complexity index is 767. The second kappa shape index (κ2) is 7.82. The van der Waals surface area contributed by atoms with Crippen molar-refractivity contribution in [2.75, 3.05) is 11.1 Å². The first-order valence-electron chi connectivity index (χ1n) is 9.35. The molecule has 1 saturated carbocycles. The smallest absolute Gasteiger partial charge is 0.234 e. The highest BCUT2D eigenvalue weighted by Crippen LogP contribution is 2.38. The van der Waals surface area contributed by atoms with Crippen molar-refractivity contribution in [1.29, 1.82) is 0 Å². The van der Waals surface area contributed by atoms with Crippen LogP contribution in [-0.2, 0) is 4.79 Å². The number of amides is 1. The molecule has 1 heterocycles. The van der Waals surface area contributed by atoms with Crippen LogP contribution in [0.25, 0.3) is 0 Å². The van der Waals surface area contributed by atoms with E-state index in [1.165, 1.54) is 35.7 Å². The topological polar surface area (TPSA) is 59.8 Å². The van der Waals surface area contributed by atoms with E-state index >= 15 is 0 Å². The fraction of sp³-hybridized carbons (Fsp3) is 0.550. The monoisotopic (exact) mass is 372 g/mol. The van der Waals surface area contributed by atoms with Gasteiger partial charge in [0.2, 0.25) is 5.91 Å². The zero-order chi connectivity index (χ0) is 18.8. The summed E-state index contributed by atoms with van der Waals surface area (Å²) in [6.07, 6.45) is 2.36. The first-order chi connectivity index (χ1) is 12.4. The molecule has 1 N–H and O–H groups in total. The zero-order valence-electron chi connectivity index (χ0n) is 16.2. The molecule has 2 aromatic rings. The second-order valence-electron chi connectivity index (χ2n) is 7.59. The Kier molecular flexibility index (Phi) is 5.70. The third kappa shape index (κ3) is 4.11. The molecule has 1 fully saturated rings. The van der Waals surface area contributed by atoms with Crippen molar-refractivity contribution in [3.05, 3.63) is 35.2 Å². The van der Waals surface area contributed by atoms with Crippen LogP contribution in [0.4, 0.5) is 5.69 Å². The number of carbonyl (C=O) groups excluding carboxylic acids is 1. The first kappa shape index (κ1) is 19.0. The molecule has 0 radical (unpaired) electrons. The summed E-state index contributed by atoms with van der Waals surface area (Å²) in [6, 6.07) is 6.80. The van der Waals surface area contributed by atoms with Gasteiger partial charge in [0.15, 0.2) is 5.16 Å². The number of hydrogen-bond donors (Lipinski definition) is 1. The number of hydrogen-bond acceptors (Lipinski definition) is 4. The van der Waals surface area contributed by atoms with Crippen LogP contribution in [0.15, 0.2) is 23.4 Å². The molecule has 1 aromatic heterocycles. The minimum Gasteiger partial charge on any atom is -0.325 e. The van der Waals surface area contributed by atoms with E-state index in [1.807, 2.05) is 6.92 Å². The van der Waals surface area contributed by atoms with Gasteiger partial charge in [0.05, 0.1) is 5.75 Å². The molecule has 0 aliphatic heterocycles. The number of nitrogens with zero attached hydrogens (tertiary/aromatic N) is 3. The highest BCUT2D eigenvalue weighted by Gasteiger charge is 2.28. The van der Waals surface area contributed by atoms with Crippen LogP contribution in [0, 0.1) is 6.92 Å². The fourth-order valence-corrected chi connectivity index (χ4v) is 4.05. The van der Waals surface area contributed by atoms with Gasteiger partial charge >= 0.3 is 0 Å². The minimum absolute atomic E-state index is 0.00741. The van der Waals surface area contributed by atoms with Gasteiger partial charge < -0.3 is 9.88 Å². The highest BCUT2D eigenvalue weighted by molar-refractivity contribution is 7.99. The van der Waals surface area contributed by atoms with Crippen molar-refractivity contribution in [1.82, 2.24) is 14.8 Å². The molecule has 0 unspecified atom stereocenters. The van der Waals surface area contributed by atoms with Gasteiger partial charge in [-0.25, -0.2) is 0 Å². The van der Waals surface area contributed by atoms with Crippen LogP contribution >= 0.6 is 11.8 Å². The van der Waals surface area contributed by atoms with E-state index in [1.54, 1.807) is 0 Å². The summed E-state index contributed by atoms with van der Waals surface area (Å²) in [7, 11) is 0. The number of benzene rings is 1. The number of nitrogens with one attached hydrogen (secondary N) is 1. The van der Waals surface area contributed by atoms with E-state index in [-0.39, 0.29) is 5.91 Å².